The molecule has 0 saturated heterocycles. The molecule has 0 N–H and O–H groups in total. The van der Waals surface area contributed by atoms with Crippen molar-refractivity contribution < 1.29 is 0 Å². The molecule has 194 valence electrons. The minimum atomic E-state index is 0.926. The summed E-state index contributed by atoms with van der Waals surface area (Å²) in [6, 6.07) is 58.2. The first-order chi connectivity index (χ1) is 19.7. The number of aryl methyl sites for hydroxylation is 1. The highest BCUT2D eigenvalue weighted by Crippen LogP contribution is 2.39. The first-order valence-corrected chi connectivity index (χ1v) is 13.7. The van der Waals surface area contributed by atoms with Crippen molar-refractivity contribution >= 4 is 34.1 Å². The zero-order chi connectivity index (χ0) is 27.1. The minimum absolute atomic E-state index is 0.926. The van der Waals surface area contributed by atoms with Crippen LogP contribution in [0.1, 0.15) is 16.7 Å². The van der Waals surface area contributed by atoms with Crippen molar-refractivity contribution in [2.24, 2.45) is 0 Å². The van der Waals surface area contributed by atoms with E-state index in [0.29, 0.717) is 0 Å². The molecule has 0 aromatic heterocycles. The van der Waals surface area contributed by atoms with Crippen LogP contribution in [0.25, 0.3) is 0 Å². The fourth-order valence-corrected chi connectivity index (χ4v) is 5.09. The van der Waals surface area contributed by atoms with Crippen molar-refractivity contribution in [2.45, 2.75) is 13.3 Å². The molecule has 0 radical (unpaired) electrons. The van der Waals surface area contributed by atoms with E-state index in [1.807, 2.05) is 0 Å². The number of para-hydroxylation sites is 2. The molecule has 0 aliphatic carbocycles. The highest BCUT2D eigenvalue weighted by molar-refractivity contribution is 5.81. The van der Waals surface area contributed by atoms with Crippen molar-refractivity contribution in [3.63, 3.8) is 0 Å². The summed E-state index contributed by atoms with van der Waals surface area (Å²) in [5, 5.41) is 0. The van der Waals surface area contributed by atoms with Crippen molar-refractivity contribution in [3.8, 4) is 0 Å². The smallest absolute Gasteiger partial charge is 0.0463 e. The number of hydrogen-bond acceptors (Lipinski definition) is 2. The molecule has 2 nitrogen and oxygen atoms in total. The van der Waals surface area contributed by atoms with Crippen LogP contribution in [0.4, 0.5) is 34.1 Å². The van der Waals surface area contributed by atoms with Gasteiger partial charge in [0.15, 0.2) is 0 Å². The van der Waals surface area contributed by atoms with Crippen LogP contribution in [-0.2, 0) is 6.42 Å². The molecule has 0 fully saturated rings. The molecule has 40 heavy (non-hydrogen) atoms. The number of anilines is 6. The van der Waals surface area contributed by atoms with E-state index in [1.54, 1.807) is 0 Å². The Morgan fingerprint density at radius 1 is 0.325 bits per heavy atom. The molecule has 0 aliphatic rings. The van der Waals surface area contributed by atoms with E-state index in [0.717, 1.165) is 40.5 Å². The molecule has 0 spiro atoms. The van der Waals surface area contributed by atoms with Crippen LogP contribution in [0.5, 0.6) is 0 Å². The van der Waals surface area contributed by atoms with Gasteiger partial charge in [-0.3, -0.25) is 0 Å². The molecule has 0 heterocycles. The largest absolute Gasteiger partial charge is 0.311 e. The maximum Gasteiger partial charge on any atom is 0.0463 e. The summed E-state index contributed by atoms with van der Waals surface area (Å²) in [6.07, 6.45) is 0.926. The molecular weight excluding hydrogens is 484 g/mol. The first-order valence-electron chi connectivity index (χ1n) is 13.7. The second-order valence-corrected chi connectivity index (χ2v) is 10.0. The van der Waals surface area contributed by atoms with Crippen LogP contribution in [0.2, 0.25) is 0 Å². The Morgan fingerprint density at radius 2 is 0.625 bits per heavy atom. The fourth-order valence-electron chi connectivity index (χ4n) is 5.09. The van der Waals surface area contributed by atoms with Crippen molar-refractivity contribution in [1.82, 2.24) is 0 Å². The van der Waals surface area contributed by atoms with Gasteiger partial charge in [0.25, 0.3) is 0 Å². The topological polar surface area (TPSA) is 6.48 Å². The fraction of sp³-hybridized carbons (Fsp3) is 0.0526. The average Bonchev–Trinajstić information content (AvgIpc) is 3.02. The van der Waals surface area contributed by atoms with Gasteiger partial charge in [-0.2, -0.15) is 0 Å². The van der Waals surface area contributed by atoms with Crippen molar-refractivity contribution in [2.75, 3.05) is 9.80 Å². The van der Waals surface area contributed by atoms with E-state index in [-0.39, 0.29) is 0 Å². The second kappa shape index (κ2) is 11.8. The molecule has 2 heteroatoms. The Hall–Kier alpha value is -5.08. The van der Waals surface area contributed by atoms with Gasteiger partial charge < -0.3 is 9.80 Å². The molecule has 0 saturated carbocycles. The lowest BCUT2D eigenvalue weighted by molar-refractivity contribution is 1.18. The van der Waals surface area contributed by atoms with Gasteiger partial charge in [-0.25, -0.2) is 0 Å². The van der Waals surface area contributed by atoms with E-state index in [1.165, 1.54) is 16.7 Å². The van der Waals surface area contributed by atoms with Crippen LogP contribution in [0, 0.1) is 6.92 Å². The molecule has 0 unspecified atom stereocenters. The molecular formula is C38H32N2. The highest BCUT2D eigenvalue weighted by Gasteiger charge is 2.15. The Kier molecular flexibility index (Phi) is 7.41. The van der Waals surface area contributed by atoms with E-state index < -0.39 is 0 Å². The molecule has 0 amide bonds. The van der Waals surface area contributed by atoms with Gasteiger partial charge in [-0.1, -0.05) is 96.6 Å². The Bertz CT molecular complexity index is 1590. The SMILES string of the molecule is Cc1ccc(N(c2ccc(Cc3ccccc3)cc2)c2ccc(N(c3ccccc3)c3ccccc3)cc2)cc1. The lowest BCUT2D eigenvalue weighted by Gasteiger charge is -2.28. The molecule has 0 atom stereocenters. The van der Waals surface area contributed by atoms with Gasteiger partial charge in [0.1, 0.15) is 0 Å². The number of benzene rings is 6. The van der Waals surface area contributed by atoms with Gasteiger partial charge in [0.05, 0.1) is 0 Å². The maximum atomic E-state index is 2.32. The molecule has 0 aliphatic heterocycles. The Labute approximate surface area is 237 Å². The van der Waals surface area contributed by atoms with E-state index in [2.05, 4.69) is 181 Å². The highest BCUT2D eigenvalue weighted by atomic mass is 15.2. The summed E-state index contributed by atoms with van der Waals surface area (Å²) in [5.41, 5.74) is 10.6. The second-order valence-electron chi connectivity index (χ2n) is 10.0. The monoisotopic (exact) mass is 516 g/mol. The molecule has 0 bridgehead atoms. The molecule has 6 aromatic carbocycles. The zero-order valence-corrected chi connectivity index (χ0v) is 22.7. The third-order valence-electron chi connectivity index (χ3n) is 7.13. The van der Waals surface area contributed by atoms with Crippen LogP contribution >= 0.6 is 0 Å². The maximum absolute atomic E-state index is 2.32. The lowest BCUT2D eigenvalue weighted by atomic mass is 10.0. The standard InChI is InChI=1S/C38H32N2/c1-30-17-21-35(22-18-30)40(36-23-19-32(20-24-36)29-31-11-5-2-6-12-31)38-27-25-37(26-28-38)39(33-13-7-3-8-14-33)34-15-9-4-10-16-34/h2-28H,29H2,1H3. The third-order valence-corrected chi connectivity index (χ3v) is 7.13. The summed E-state index contributed by atoms with van der Waals surface area (Å²) in [4.78, 5) is 4.61. The average molecular weight is 517 g/mol. The summed E-state index contributed by atoms with van der Waals surface area (Å²) in [5.74, 6) is 0. The normalized spacial score (nSPS) is 10.7. The minimum Gasteiger partial charge on any atom is -0.311 e. The number of rotatable bonds is 8. The molecule has 6 rings (SSSR count). The quantitative estimate of drug-likeness (QED) is 0.198. The van der Waals surface area contributed by atoms with Gasteiger partial charge in [0, 0.05) is 34.1 Å². The number of hydrogen-bond donors (Lipinski definition) is 0. The van der Waals surface area contributed by atoms with Gasteiger partial charge in [-0.15, -0.1) is 0 Å². The van der Waals surface area contributed by atoms with Gasteiger partial charge >= 0.3 is 0 Å². The van der Waals surface area contributed by atoms with Crippen LogP contribution in [0.3, 0.4) is 0 Å². The summed E-state index contributed by atoms with van der Waals surface area (Å²) in [7, 11) is 0. The number of nitrogens with zero attached hydrogens (tertiary/aromatic N) is 2. The van der Waals surface area contributed by atoms with Crippen LogP contribution < -0.4 is 9.80 Å². The van der Waals surface area contributed by atoms with Crippen molar-refractivity contribution in [3.05, 3.63) is 180 Å². The van der Waals surface area contributed by atoms with Crippen LogP contribution in [-0.4, -0.2) is 0 Å². The van der Waals surface area contributed by atoms with E-state index in [9.17, 15) is 0 Å². The summed E-state index contributed by atoms with van der Waals surface area (Å²) >= 11 is 0. The van der Waals surface area contributed by atoms with Crippen molar-refractivity contribution in [1.29, 1.82) is 0 Å². The zero-order valence-electron chi connectivity index (χ0n) is 22.7. The molecule has 6 aromatic rings. The first kappa shape index (κ1) is 25.2. The summed E-state index contributed by atoms with van der Waals surface area (Å²) in [6.45, 7) is 2.13. The Morgan fingerprint density at radius 3 is 1.05 bits per heavy atom. The van der Waals surface area contributed by atoms with Gasteiger partial charge in [-0.05, 0) is 97.3 Å². The van der Waals surface area contributed by atoms with Gasteiger partial charge in [0.2, 0.25) is 0 Å². The Balaban J connectivity index is 1.36. The van der Waals surface area contributed by atoms with E-state index >= 15 is 0 Å². The predicted octanol–water partition coefficient (Wildman–Crippen LogP) is 10.5. The predicted molar refractivity (Wildman–Crippen MR) is 170 cm³/mol. The van der Waals surface area contributed by atoms with Crippen LogP contribution in [0.15, 0.2) is 164 Å². The lowest BCUT2D eigenvalue weighted by Crippen LogP contribution is -2.12. The third kappa shape index (κ3) is 5.67. The van der Waals surface area contributed by atoms with E-state index in [4.69, 9.17) is 0 Å². The summed E-state index contributed by atoms with van der Waals surface area (Å²) < 4.78 is 0.